The molecule has 1 aromatic carbocycles. The van der Waals surface area contributed by atoms with Gasteiger partial charge in [-0.3, -0.25) is 0 Å². The molecule has 8 heteroatoms. The van der Waals surface area contributed by atoms with Crippen molar-refractivity contribution in [2.75, 3.05) is 5.73 Å². The van der Waals surface area contributed by atoms with E-state index in [4.69, 9.17) is 5.73 Å². The Morgan fingerprint density at radius 2 is 2.00 bits per heavy atom. The number of hydrogen-bond acceptors (Lipinski definition) is 5. The summed E-state index contributed by atoms with van der Waals surface area (Å²) in [6.07, 6.45) is 1.68. The van der Waals surface area contributed by atoms with Crippen LogP contribution < -0.4 is 16.2 Å². The van der Waals surface area contributed by atoms with Gasteiger partial charge in [-0.25, -0.2) is 14.3 Å². The SMILES string of the molecule is Cc1ccccc1-n1c(=O)nc(N)c2cc(OC(F)F)c(C3CC3)nc21. The van der Waals surface area contributed by atoms with E-state index in [1.165, 1.54) is 10.6 Å². The van der Waals surface area contributed by atoms with Gasteiger partial charge in [0.05, 0.1) is 16.8 Å². The van der Waals surface area contributed by atoms with Crippen LogP contribution in [0.1, 0.15) is 30.0 Å². The molecule has 1 aliphatic rings. The number of nitrogen functional groups attached to an aromatic ring is 1. The van der Waals surface area contributed by atoms with Gasteiger partial charge in [-0.2, -0.15) is 13.8 Å². The summed E-state index contributed by atoms with van der Waals surface area (Å²) in [5.74, 6) is -0.0368. The number of aryl methyl sites for hydroxylation is 1. The van der Waals surface area contributed by atoms with Crippen LogP contribution in [0.4, 0.5) is 14.6 Å². The van der Waals surface area contributed by atoms with E-state index in [-0.39, 0.29) is 17.5 Å². The number of benzene rings is 1. The van der Waals surface area contributed by atoms with E-state index in [1.54, 1.807) is 12.1 Å². The van der Waals surface area contributed by atoms with Gasteiger partial charge in [-0.05, 0) is 37.5 Å². The Bertz CT molecular complexity index is 1060. The topological polar surface area (TPSA) is 83.0 Å². The number of alkyl halides is 2. The Hall–Kier alpha value is -3.03. The molecule has 26 heavy (non-hydrogen) atoms. The summed E-state index contributed by atoms with van der Waals surface area (Å²) in [5, 5.41) is 0.299. The summed E-state index contributed by atoms with van der Waals surface area (Å²) in [6, 6.07) is 8.69. The van der Waals surface area contributed by atoms with Crippen molar-refractivity contribution in [1.29, 1.82) is 0 Å². The number of rotatable bonds is 4. The van der Waals surface area contributed by atoms with Crippen LogP contribution in [0.25, 0.3) is 16.7 Å². The van der Waals surface area contributed by atoms with Crippen molar-refractivity contribution >= 4 is 16.9 Å². The number of aromatic nitrogens is 3. The van der Waals surface area contributed by atoms with Gasteiger partial charge in [0, 0.05) is 5.92 Å². The molecule has 1 saturated carbocycles. The molecular weight excluding hydrogens is 342 g/mol. The fraction of sp³-hybridized carbons (Fsp3) is 0.278. The van der Waals surface area contributed by atoms with Crippen LogP contribution in [0.2, 0.25) is 0 Å². The quantitative estimate of drug-likeness (QED) is 0.775. The smallest absolute Gasteiger partial charge is 0.387 e. The minimum absolute atomic E-state index is 0.0153. The van der Waals surface area contributed by atoms with Gasteiger partial charge in [0.1, 0.15) is 11.6 Å². The minimum Gasteiger partial charge on any atom is -0.433 e. The first-order valence-electron chi connectivity index (χ1n) is 8.19. The molecule has 0 saturated heterocycles. The Morgan fingerprint density at radius 3 is 2.65 bits per heavy atom. The molecule has 0 radical (unpaired) electrons. The molecule has 2 N–H and O–H groups in total. The van der Waals surface area contributed by atoms with E-state index in [2.05, 4.69) is 14.7 Å². The van der Waals surface area contributed by atoms with Gasteiger partial charge in [0.2, 0.25) is 0 Å². The highest BCUT2D eigenvalue weighted by Crippen LogP contribution is 2.44. The Labute approximate surface area is 147 Å². The molecule has 0 bridgehead atoms. The first-order chi connectivity index (χ1) is 12.5. The van der Waals surface area contributed by atoms with Gasteiger partial charge in [0.15, 0.2) is 5.65 Å². The monoisotopic (exact) mass is 358 g/mol. The Balaban J connectivity index is 2.06. The predicted octanol–water partition coefficient (Wildman–Crippen LogP) is 3.15. The van der Waals surface area contributed by atoms with Crippen LogP contribution in [0.3, 0.4) is 0 Å². The molecule has 2 heterocycles. The highest BCUT2D eigenvalue weighted by Gasteiger charge is 2.31. The van der Waals surface area contributed by atoms with Crippen molar-refractivity contribution in [3.8, 4) is 11.4 Å². The molecule has 4 rings (SSSR count). The van der Waals surface area contributed by atoms with Crippen LogP contribution >= 0.6 is 0 Å². The maximum atomic E-state index is 12.8. The highest BCUT2D eigenvalue weighted by atomic mass is 19.3. The third-order valence-electron chi connectivity index (χ3n) is 4.43. The molecule has 2 aromatic heterocycles. The summed E-state index contributed by atoms with van der Waals surface area (Å²) < 4.78 is 31.6. The van der Waals surface area contributed by atoms with E-state index in [0.29, 0.717) is 22.4 Å². The van der Waals surface area contributed by atoms with E-state index in [0.717, 1.165) is 18.4 Å². The van der Waals surface area contributed by atoms with E-state index in [1.807, 2.05) is 19.1 Å². The fourth-order valence-corrected chi connectivity index (χ4v) is 3.03. The molecule has 0 spiro atoms. The average Bonchev–Trinajstić information content (AvgIpc) is 3.41. The summed E-state index contributed by atoms with van der Waals surface area (Å²) in [6.45, 7) is -1.11. The van der Waals surface area contributed by atoms with Gasteiger partial charge in [-0.1, -0.05) is 18.2 Å². The number of fused-ring (bicyclic) bond motifs is 1. The second-order valence-electron chi connectivity index (χ2n) is 6.30. The fourth-order valence-electron chi connectivity index (χ4n) is 3.03. The van der Waals surface area contributed by atoms with Crippen molar-refractivity contribution in [3.05, 3.63) is 52.1 Å². The zero-order valence-electron chi connectivity index (χ0n) is 13.9. The maximum Gasteiger partial charge on any atom is 0.387 e. The molecule has 0 unspecified atom stereocenters. The number of anilines is 1. The molecular formula is C18H16F2N4O2. The lowest BCUT2D eigenvalue weighted by Crippen LogP contribution is -2.25. The van der Waals surface area contributed by atoms with Crippen molar-refractivity contribution in [2.24, 2.45) is 0 Å². The van der Waals surface area contributed by atoms with Crippen molar-refractivity contribution in [2.45, 2.75) is 32.3 Å². The normalized spacial score (nSPS) is 14.2. The minimum atomic E-state index is -2.97. The number of para-hydroxylation sites is 1. The number of nitrogens with two attached hydrogens (primary N) is 1. The third kappa shape index (κ3) is 2.77. The maximum absolute atomic E-state index is 12.8. The predicted molar refractivity (Wildman–Crippen MR) is 92.9 cm³/mol. The van der Waals surface area contributed by atoms with E-state index < -0.39 is 12.3 Å². The third-order valence-corrected chi connectivity index (χ3v) is 4.43. The molecule has 1 fully saturated rings. The van der Waals surface area contributed by atoms with Gasteiger partial charge in [-0.15, -0.1) is 0 Å². The van der Waals surface area contributed by atoms with Gasteiger partial charge in [0.25, 0.3) is 0 Å². The average molecular weight is 358 g/mol. The number of nitrogens with zero attached hydrogens (tertiary/aromatic N) is 3. The van der Waals surface area contributed by atoms with E-state index in [9.17, 15) is 13.6 Å². The number of hydrogen-bond donors (Lipinski definition) is 1. The van der Waals surface area contributed by atoms with Gasteiger partial charge >= 0.3 is 12.3 Å². The zero-order valence-corrected chi connectivity index (χ0v) is 13.9. The standard InChI is InChI=1S/C18H16F2N4O2/c1-9-4-2-3-5-12(9)24-16-11(15(21)23-18(24)25)8-13(26-17(19)20)14(22-16)10-6-7-10/h2-5,8,10,17H,6-7H2,1H3,(H2,21,23,25). The van der Waals surface area contributed by atoms with E-state index >= 15 is 0 Å². The molecule has 3 aromatic rings. The lowest BCUT2D eigenvalue weighted by molar-refractivity contribution is -0.0506. The molecule has 0 aliphatic heterocycles. The second kappa shape index (κ2) is 6.05. The van der Waals surface area contributed by atoms with Crippen LogP contribution in [0.15, 0.2) is 35.1 Å². The summed E-state index contributed by atoms with van der Waals surface area (Å²) >= 11 is 0. The second-order valence-corrected chi connectivity index (χ2v) is 6.30. The van der Waals surface area contributed by atoms with Crippen molar-refractivity contribution in [1.82, 2.24) is 14.5 Å². The summed E-state index contributed by atoms with van der Waals surface area (Å²) in [7, 11) is 0. The largest absolute Gasteiger partial charge is 0.433 e. The zero-order chi connectivity index (χ0) is 18.4. The number of pyridine rings is 1. The van der Waals surface area contributed by atoms with Crippen LogP contribution in [0.5, 0.6) is 5.75 Å². The molecule has 0 atom stereocenters. The molecule has 6 nitrogen and oxygen atoms in total. The van der Waals surface area contributed by atoms with Gasteiger partial charge < -0.3 is 10.5 Å². The van der Waals surface area contributed by atoms with Crippen LogP contribution in [-0.2, 0) is 0 Å². The van der Waals surface area contributed by atoms with Crippen molar-refractivity contribution < 1.29 is 13.5 Å². The highest BCUT2D eigenvalue weighted by molar-refractivity contribution is 5.88. The summed E-state index contributed by atoms with van der Waals surface area (Å²) in [4.78, 5) is 20.9. The summed E-state index contributed by atoms with van der Waals surface area (Å²) in [5.41, 5.74) is 7.49. The molecule has 1 aliphatic carbocycles. The number of ether oxygens (including phenoxy) is 1. The Morgan fingerprint density at radius 1 is 1.27 bits per heavy atom. The first kappa shape index (κ1) is 16.4. The lowest BCUT2D eigenvalue weighted by Gasteiger charge is -2.16. The molecule has 134 valence electrons. The van der Waals surface area contributed by atoms with Crippen LogP contribution in [0, 0.1) is 6.92 Å². The first-order valence-corrected chi connectivity index (χ1v) is 8.19. The molecule has 0 amide bonds. The number of halogens is 2. The van der Waals surface area contributed by atoms with Crippen LogP contribution in [-0.4, -0.2) is 21.1 Å². The van der Waals surface area contributed by atoms with Crippen molar-refractivity contribution in [3.63, 3.8) is 0 Å². The Kier molecular flexibility index (Phi) is 3.82. The lowest BCUT2D eigenvalue weighted by atomic mass is 10.1.